The number of halogens is 1. The molecule has 1 fully saturated rings. The van der Waals surface area contributed by atoms with Gasteiger partial charge in [-0.2, -0.15) is 0 Å². The molecule has 0 saturated carbocycles. The van der Waals surface area contributed by atoms with Crippen LogP contribution < -0.4 is 5.73 Å². The Morgan fingerprint density at radius 2 is 1.89 bits per heavy atom. The predicted octanol–water partition coefficient (Wildman–Crippen LogP) is 2.79. The smallest absolute Gasteiger partial charge is 0.287 e. The van der Waals surface area contributed by atoms with E-state index < -0.39 is 0 Å². The van der Waals surface area contributed by atoms with Crippen LogP contribution in [0.1, 0.15) is 16.7 Å². The van der Waals surface area contributed by atoms with Crippen LogP contribution in [-0.2, 0) is 11.3 Å². The molecule has 0 aromatic heterocycles. The fraction of sp³-hybridized carbons (Fsp3) is 0.150. The van der Waals surface area contributed by atoms with E-state index in [4.69, 9.17) is 5.73 Å². The number of amides is 2. The zero-order valence-corrected chi connectivity index (χ0v) is 15.2. The fourth-order valence-corrected chi connectivity index (χ4v) is 4.06. The first kappa shape index (κ1) is 17.5. The molecule has 2 amide bonds. The molecule has 1 saturated heterocycles. The topological polar surface area (TPSA) is 66.4 Å². The number of carbonyl (C=O) groups is 2. The standard InChI is InChI=1S/C20H16FN3O2S/c21-15-7-5-13(6-8-15)11-17-19(25)24(20(26)27-17)10-9-23-12-14-3-1-2-4-16(14)18(23)22/h1-8,11,22H,9-10,12H2/p+1/b17-11-. The second-order valence-electron chi connectivity index (χ2n) is 6.35. The summed E-state index contributed by atoms with van der Waals surface area (Å²) in [5, 5.41) is -0.302. The van der Waals surface area contributed by atoms with E-state index in [0.29, 0.717) is 29.4 Å². The van der Waals surface area contributed by atoms with E-state index in [1.54, 1.807) is 18.2 Å². The predicted molar refractivity (Wildman–Crippen MR) is 103 cm³/mol. The summed E-state index contributed by atoms with van der Waals surface area (Å²) in [5.74, 6) is -0.00950. The molecule has 2 aromatic carbocycles. The molecule has 27 heavy (non-hydrogen) atoms. The van der Waals surface area contributed by atoms with Gasteiger partial charge in [0.1, 0.15) is 18.9 Å². The Bertz CT molecular complexity index is 999. The third-order valence-electron chi connectivity index (χ3n) is 4.63. The molecule has 4 rings (SSSR count). The minimum atomic E-state index is -0.347. The van der Waals surface area contributed by atoms with Gasteiger partial charge < -0.3 is 0 Å². The number of fused-ring (bicyclic) bond motifs is 1. The zero-order chi connectivity index (χ0) is 19.0. The summed E-state index contributed by atoms with van der Waals surface area (Å²) in [6.45, 7) is 1.41. The van der Waals surface area contributed by atoms with Crippen molar-refractivity contribution in [2.75, 3.05) is 13.1 Å². The largest absolute Gasteiger partial charge is 0.293 e. The van der Waals surface area contributed by atoms with Crippen LogP contribution in [0.3, 0.4) is 0 Å². The molecule has 5 nitrogen and oxygen atoms in total. The Balaban J connectivity index is 1.46. The highest BCUT2D eigenvalue weighted by atomic mass is 32.2. The molecule has 2 aliphatic rings. The number of carbonyl (C=O) groups excluding carboxylic acids is 2. The molecular weight excluding hydrogens is 365 g/mol. The lowest BCUT2D eigenvalue weighted by atomic mass is 10.1. The van der Waals surface area contributed by atoms with Crippen molar-refractivity contribution >= 4 is 34.8 Å². The second kappa shape index (κ2) is 7.00. The molecule has 0 bridgehead atoms. The van der Waals surface area contributed by atoms with Crippen molar-refractivity contribution in [2.45, 2.75) is 6.54 Å². The molecule has 2 heterocycles. The van der Waals surface area contributed by atoms with Gasteiger partial charge in [0.05, 0.1) is 17.0 Å². The van der Waals surface area contributed by atoms with E-state index in [1.165, 1.54) is 17.0 Å². The maximum Gasteiger partial charge on any atom is 0.293 e. The van der Waals surface area contributed by atoms with Gasteiger partial charge in [0.2, 0.25) is 0 Å². The molecule has 2 aromatic rings. The first-order valence-corrected chi connectivity index (χ1v) is 9.31. The summed E-state index contributed by atoms with van der Waals surface area (Å²) >= 11 is 0.900. The first-order valence-electron chi connectivity index (χ1n) is 8.49. The fourth-order valence-electron chi connectivity index (χ4n) is 3.19. The van der Waals surface area contributed by atoms with Crippen LogP contribution in [0.4, 0.5) is 9.18 Å². The van der Waals surface area contributed by atoms with Crippen molar-refractivity contribution in [1.29, 1.82) is 0 Å². The minimum absolute atomic E-state index is 0.264. The molecular formula is C20H17FN3O2S+. The third-order valence-corrected chi connectivity index (χ3v) is 5.54. The SMILES string of the molecule is NC1=[N+](CCN2C(=O)S/C(=C\c3ccc(F)cc3)C2=O)Cc2ccccc21. The number of amidine groups is 1. The Morgan fingerprint density at radius 1 is 1.15 bits per heavy atom. The Hall–Kier alpha value is -2.93. The van der Waals surface area contributed by atoms with Crippen LogP contribution in [0.15, 0.2) is 53.4 Å². The van der Waals surface area contributed by atoms with Gasteiger partial charge in [-0.1, -0.05) is 30.3 Å². The number of nitrogens with zero attached hydrogens (tertiary/aromatic N) is 2. The molecule has 0 spiro atoms. The van der Waals surface area contributed by atoms with Gasteiger partial charge in [-0.05, 0) is 41.6 Å². The van der Waals surface area contributed by atoms with Gasteiger partial charge >= 0.3 is 0 Å². The van der Waals surface area contributed by atoms with Crippen LogP contribution in [0.2, 0.25) is 0 Å². The van der Waals surface area contributed by atoms with E-state index in [9.17, 15) is 14.0 Å². The number of nitrogens with two attached hydrogens (primary N) is 1. The van der Waals surface area contributed by atoms with Gasteiger partial charge in [-0.3, -0.25) is 24.8 Å². The van der Waals surface area contributed by atoms with E-state index in [2.05, 4.69) is 0 Å². The lowest BCUT2D eigenvalue weighted by molar-refractivity contribution is -0.539. The van der Waals surface area contributed by atoms with E-state index in [0.717, 1.165) is 22.9 Å². The molecule has 7 heteroatoms. The average Bonchev–Trinajstić information content (AvgIpc) is 3.12. The maximum absolute atomic E-state index is 13.0. The molecule has 0 atom stereocenters. The summed E-state index contributed by atoms with van der Waals surface area (Å²) in [6, 6.07) is 13.7. The molecule has 2 N–H and O–H groups in total. The van der Waals surface area contributed by atoms with Crippen molar-refractivity contribution in [1.82, 2.24) is 4.90 Å². The molecule has 0 aliphatic carbocycles. The lowest BCUT2D eigenvalue weighted by Gasteiger charge is -2.12. The van der Waals surface area contributed by atoms with E-state index in [-0.39, 0.29) is 23.5 Å². The summed E-state index contributed by atoms with van der Waals surface area (Å²) in [5.41, 5.74) is 9.01. The Kier molecular flexibility index (Phi) is 4.53. The van der Waals surface area contributed by atoms with Crippen LogP contribution in [0, 0.1) is 5.82 Å². The number of benzene rings is 2. The quantitative estimate of drug-likeness (QED) is 0.652. The lowest BCUT2D eigenvalue weighted by Crippen LogP contribution is -2.36. The van der Waals surface area contributed by atoms with Crippen LogP contribution in [-0.4, -0.2) is 39.5 Å². The third kappa shape index (κ3) is 3.38. The van der Waals surface area contributed by atoms with Crippen molar-refractivity contribution < 1.29 is 18.6 Å². The highest BCUT2D eigenvalue weighted by Gasteiger charge is 2.36. The molecule has 136 valence electrons. The summed E-state index contributed by atoms with van der Waals surface area (Å²) < 4.78 is 15.0. The second-order valence-corrected chi connectivity index (χ2v) is 7.34. The molecule has 2 aliphatic heterocycles. The number of rotatable bonds is 4. The highest BCUT2D eigenvalue weighted by molar-refractivity contribution is 8.18. The Morgan fingerprint density at radius 3 is 2.63 bits per heavy atom. The summed E-state index contributed by atoms with van der Waals surface area (Å²) in [4.78, 5) is 26.4. The van der Waals surface area contributed by atoms with Crippen molar-refractivity contribution in [2.24, 2.45) is 5.73 Å². The zero-order valence-electron chi connectivity index (χ0n) is 14.4. The van der Waals surface area contributed by atoms with Gasteiger partial charge in [0.15, 0.2) is 0 Å². The van der Waals surface area contributed by atoms with Crippen LogP contribution >= 0.6 is 11.8 Å². The summed E-state index contributed by atoms with van der Waals surface area (Å²) in [7, 11) is 0. The van der Waals surface area contributed by atoms with Crippen molar-refractivity contribution in [3.63, 3.8) is 0 Å². The number of imide groups is 1. The van der Waals surface area contributed by atoms with E-state index >= 15 is 0 Å². The average molecular weight is 382 g/mol. The monoisotopic (exact) mass is 382 g/mol. The highest BCUT2D eigenvalue weighted by Crippen LogP contribution is 2.32. The van der Waals surface area contributed by atoms with Gasteiger partial charge in [-0.25, -0.2) is 4.39 Å². The van der Waals surface area contributed by atoms with Gasteiger partial charge in [0, 0.05) is 5.56 Å². The van der Waals surface area contributed by atoms with Crippen molar-refractivity contribution in [3.05, 3.63) is 75.9 Å². The number of hydrogen-bond donors (Lipinski definition) is 1. The summed E-state index contributed by atoms with van der Waals surface area (Å²) in [6.07, 6.45) is 1.61. The number of thioether (sulfide) groups is 1. The Labute approximate surface area is 160 Å². The maximum atomic E-state index is 13.0. The van der Waals surface area contributed by atoms with Gasteiger partial charge in [-0.15, -0.1) is 0 Å². The van der Waals surface area contributed by atoms with Crippen LogP contribution in [0.5, 0.6) is 0 Å². The normalized spacial score (nSPS) is 18.0. The van der Waals surface area contributed by atoms with E-state index in [1.807, 2.05) is 28.8 Å². The van der Waals surface area contributed by atoms with Crippen molar-refractivity contribution in [3.8, 4) is 0 Å². The van der Waals surface area contributed by atoms with Crippen LogP contribution in [0.25, 0.3) is 6.08 Å². The molecule has 0 radical (unpaired) electrons. The molecule has 0 unspecified atom stereocenters. The van der Waals surface area contributed by atoms with Gasteiger partial charge in [0.25, 0.3) is 17.0 Å². The minimum Gasteiger partial charge on any atom is -0.287 e. The first-order chi connectivity index (χ1) is 13.0. The number of hydrogen-bond acceptors (Lipinski definition) is 4.